The van der Waals surface area contributed by atoms with E-state index >= 15 is 0 Å². The second kappa shape index (κ2) is 7.95. The van der Waals surface area contributed by atoms with Crippen LogP contribution in [0.15, 0.2) is 71.5 Å². The third-order valence-corrected chi connectivity index (χ3v) is 4.51. The first-order valence-corrected chi connectivity index (χ1v) is 8.60. The number of carbonyl (C=O) groups excluding carboxylic acids is 1. The fourth-order valence-electron chi connectivity index (χ4n) is 2.75. The van der Waals surface area contributed by atoms with Gasteiger partial charge in [0.1, 0.15) is 11.5 Å². The second-order valence-electron chi connectivity index (χ2n) is 6.34. The van der Waals surface area contributed by atoms with Gasteiger partial charge in [0.05, 0.1) is 12.6 Å². The van der Waals surface area contributed by atoms with E-state index in [1.165, 1.54) is 33.8 Å². The Morgan fingerprint density at radius 1 is 1.07 bits per heavy atom. The van der Waals surface area contributed by atoms with Crippen molar-refractivity contribution in [1.29, 1.82) is 0 Å². The number of carbonyl (C=O) groups is 1. The van der Waals surface area contributed by atoms with Crippen LogP contribution in [0.2, 0.25) is 0 Å². The maximum Gasteiger partial charge on any atom is 0.274 e. The molecule has 138 valence electrons. The van der Waals surface area contributed by atoms with Gasteiger partial charge in [-0.05, 0) is 36.2 Å². The van der Waals surface area contributed by atoms with Crippen LogP contribution < -0.4 is 5.56 Å². The lowest BCUT2D eigenvalue weighted by Crippen LogP contribution is -2.33. The first-order chi connectivity index (χ1) is 13.0. The molecule has 2 aromatic carbocycles. The number of hydrogen-bond acceptors (Lipinski definition) is 3. The molecule has 27 heavy (non-hydrogen) atoms. The predicted molar refractivity (Wildman–Crippen MR) is 101 cm³/mol. The van der Waals surface area contributed by atoms with Gasteiger partial charge < -0.3 is 4.90 Å². The zero-order chi connectivity index (χ0) is 19.4. The van der Waals surface area contributed by atoms with Crippen molar-refractivity contribution >= 4 is 5.91 Å². The van der Waals surface area contributed by atoms with Crippen molar-refractivity contribution in [3.63, 3.8) is 0 Å². The molecule has 1 unspecified atom stereocenters. The van der Waals surface area contributed by atoms with Crippen molar-refractivity contribution in [2.45, 2.75) is 19.5 Å². The Balaban J connectivity index is 1.82. The number of hydrogen-bond donors (Lipinski definition) is 0. The fraction of sp³-hybridized carbons (Fsp3) is 0.190. The minimum atomic E-state index is -0.324. The van der Waals surface area contributed by atoms with Gasteiger partial charge in [0.15, 0.2) is 0 Å². The van der Waals surface area contributed by atoms with Crippen molar-refractivity contribution in [1.82, 2.24) is 14.7 Å². The molecule has 3 aromatic rings. The summed E-state index contributed by atoms with van der Waals surface area (Å²) in [7, 11) is 1.66. The topological polar surface area (TPSA) is 55.2 Å². The number of aromatic nitrogens is 2. The van der Waals surface area contributed by atoms with Crippen molar-refractivity contribution in [3.05, 3.63) is 99.7 Å². The van der Waals surface area contributed by atoms with Gasteiger partial charge in [0.25, 0.3) is 11.5 Å². The molecule has 0 N–H and O–H groups in total. The van der Waals surface area contributed by atoms with Crippen LogP contribution in [0.5, 0.6) is 0 Å². The number of amides is 1. The van der Waals surface area contributed by atoms with E-state index in [0.29, 0.717) is 0 Å². The summed E-state index contributed by atoms with van der Waals surface area (Å²) in [6.45, 7) is 2.14. The molecule has 0 saturated heterocycles. The molecule has 3 rings (SSSR count). The van der Waals surface area contributed by atoms with E-state index in [2.05, 4.69) is 5.10 Å². The van der Waals surface area contributed by atoms with E-state index in [9.17, 15) is 14.0 Å². The number of halogens is 1. The van der Waals surface area contributed by atoms with Gasteiger partial charge in [-0.3, -0.25) is 9.59 Å². The summed E-state index contributed by atoms with van der Waals surface area (Å²) in [5.41, 5.74) is 1.64. The maximum absolute atomic E-state index is 13.1. The van der Waals surface area contributed by atoms with Gasteiger partial charge in [-0.1, -0.05) is 42.5 Å². The maximum atomic E-state index is 13.1. The molecule has 0 aliphatic carbocycles. The van der Waals surface area contributed by atoms with Crippen LogP contribution in [0.1, 0.15) is 34.6 Å². The Bertz CT molecular complexity index is 984. The van der Waals surface area contributed by atoms with E-state index in [-0.39, 0.29) is 35.6 Å². The standard InChI is InChI=1S/C21H20FN3O2/c1-15(17-8-10-18(22)11-9-17)24(2)21(27)19-12-13-20(26)25(23-19)14-16-6-4-3-5-7-16/h3-13,15H,14H2,1-2H3. The van der Waals surface area contributed by atoms with Crippen LogP contribution in [0.3, 0.4) is 0 Å². The highest BCUT2D eigenvalue weighted by Gasteiger charge is 2.21. The molecule has 1 heterocycles. The zero-order valence-electron chi connectivity index (χ0n) is 15.2. The summed E-state index contributed by atoms with van der Waals surface area (Å²) in [5.74, 6) is -0.636. The molecule has 1 atom stereocenters. The van der Waals surface area contributed by atoms with Gasteiger partial charge in [-0.25, -0.2) is 9.07 Å². The SMILES string of the molecule is CC(c1ccc(F)cc1)N(C)C(=O)c1ccc(=O)n(Cc2ccccc2)n1. The lowest BCUT2D eigenvalue weighted by molar-refractivity contribution is 0.0734. The predicted octanol–water partition coefficient (Wildman–Crippen LogP) is 3.26. The van der Waals surface area contributed by atoms with Crippen LogP contribution in [-0.2, 0) is 6.54 Å². The van der Waals surface area contributed by atoms with E-state index in [1.54, 1.807) is 19.2 Å². The van der Waals surface area contributed by atoms with E-state index in [0.717, 1.165) is 11.1 Å². The Kier molecular flexibility index (Phi) is 5.45. The highest BCUT2D eigenvalue weighted by Crippen LogP contribution is 2.20. The summed E-state index contributed by atoms with van der Waals surface area (Å²) in [6.07, 6.45) is 0. The van der Waals surface area contributed by atoms with Crippen LogP contribution in [0.25, 0.3) is 0 Å². The third kappa shape index (κ3) is 4.28. The Labute approximate surface area is 156 Å². The molecule has 0 aliphatic heterocycles. The van der Waals surface area contributed by atoms with Gasteiger partial charge in [0, 0.05) is 13.1 Å². The molecule has 0 saturated carbocycles. The zero-order valence-corrected chi connectivity index (χ0v) is 15.2. The monoisotopic (exact) mass is 365 g/mol. The smallest absolute Gasteiger partial charge is 0.274 e. The third-order valence-electron chi connectivity index (χ3n) is 4.51. The summed E-state index contributed by atoms with van der Waals surface area (Å²) >= 11 is 0. The highest BCUT2D eigenvalue weighted by molar-refractivity contribution is 5.92. The number of benzene rings is 2. The van der Waals surface area contributed by atoms with Gasteiger partial charge >= 0.3 is 0 Å². The van der Waals surface area contributed by atoms with Crippen LogP contribution in [0.4, 0.5) is 4.39 Å². The van der Waals surface area contributed by atoms with Crippen molar-refractivity contribution < 1.29 is 9.18 Å². The van der Waals surface area contributed by atoms with Crippen molar-refractivity contribution in [3.8, 4) is 0 Å². The van der Waals surface area contributed by atoms with Crippen molar-refractivity contribution in [2.24, 2.45) is 0 Å². The van der Waals surface area contributed by atoms with Crippen molar-refractivity contribution in [2.75, 3.05) is 7.05 Å². The first kappa shape index (κ1) is 18.5. The van der Waals surface area contributed by atoms with Crippen LogP contribution in [0, 0.1) is 5.82 Å². The molecule has 1 amide bonds. The molecule has 0 bridgehead atoms. The number of rotatable bonds is 5. The quantitative estimate of drug-likeness (QED) is 0.697. The molecule has 0 radical (unpaired) electrons. The fourth-order valence-corrected chi connectivity index (χ4v) is 2.75. The average molecular weight is 365 g/mol. The Morgan fingerprint density at radius 2 is 1.74 bits per heavy atom. The Morgan fingerprint density at radius 3 is 2.41 bits per heavy atom. The Hall–Kier alpha value is -3.28. The largest absolute Gasteiger partial charge is 0.334 e. The highest BCUT2D eigenvalue weighted by atomic mass is 19.1. The van der Waals surface area contributed by atoms with E-state index < -0.39 is 0 Å². The van der Waals surface area contributed by atoms with Crippen LogP contribution in [-0.4, -0.2) is 27.6 Å². The lowest BCUT2D eigenvalue weighted by atomic mass is 10.1. The molecule has 5 nitrogen and oxygen atoms in total. The summed E-state index contributed by atoms with van der Waals surface area (Å²) in [4.78, 5) is 26.4. The second-order valence-corrected chi connectivity index (χ2v) is 6.34. The molecular weight excluding hydrogens is 345 g/mol. The van der Waals surface area contributed by atoms with Gasteiger partial charge in [-0.15, -0.1) is 0 Å². The normalized spacial score (nSPS) is 11.8. The van der Waals surface area contributed by atoms with E-state index in [1.807, 2.05) is 37.3 Å². The molecular formula is C21H20FN3O2. The lowest BCUT2D eigenvalue weighted by Gasteiger charge is -2.25. The molecule has 0 fully saturated rings. The minimum Gasteiger partial charge on any atom is -0.334 e. The average Bonchev–Trinajstić information content (AvgIpc) is 2.69. The molecule has 0 spiro atoms. The van der Waals surface area contributed by atoms with Gasteiger partial charge in [0.2, 0.25) is 0 Å². The summed E-state index contributed by atoms with van der Waals surface area (Å²) in [5, 5.41) is 4.23. The molecule has 0 aliphatic rings. The minimum absolute atomic E-state index is 0.182. The number of nitrogens with zero attached hydrogens (tertiary/aromatic N) is 3. The van der Waals surface area contributed by atoms with Gasteiger partial charge in [-0.2, -0.15) is 5.10 Å². The summed E-state index contributed by atoms with van der Waals surface area (Å²) < 4.78 is 14.4. The molecule has 1 aromatic heterocycles. The first-order valence-electron chi connectivity index (χ1n) is 8.60. The van der Waals surface area contributed by atoms with Crippen LogP contribution >= 0.6 is 0 Å². The summed E-state index contributed by atoms with van der Waals surface area (Å²) in [6, 6.07) is 18.0. The molecule has 6 heteroatoms. The van der Waals surface area contributed by atoms with E-state index in [4.69, 9.17) is 0 Å².